The Bertz CT molecular complexity index is 101. The number of aliphatic hydroxyl groups is 1. The van der Waals surface area contributed by atoms with Crippen LogP contribution in [-0.4, -0.2) is 11.2 Å². The van der Waals surface area contributed by atoms with Gasteiger partial charge >= 0.3 is 0 Å². The Labute approximate surface area is 69.8 Å². The molecule has 0 heterocycles. The monoisotopic (exact) mass is 156 g/mol. The molecule has 0 saturated heterocycles. The van der Waals surface area contributed by atoms with E-state index < -0.39 is 0 Å². The first kappa shape index (κ1) is 9.05. The van der Waals surface area contributed by atoms with E-state index in [-0.39, 0.29) is 6.10 Å². The third kappa shape index (κ3) is 3.24. The molecule has 11 heavy (non-hydrogen) atoms. The first-order valence-corrected chi connectivity index (χ1v) is 4.86. The molecule has 1 saturated carbocycles. The highest BCUT2D eigenvalue weighted by molar-refractivity contribution is 4.71. The molecule has 0 radical (unpaired) electrons. The van der Waals surface area contributed by atoms with Gasteiger partial charge in [-0.15, -0.1) is 0 Å². The van der Waals surface area contributed by atoms with E-state index in [2.05, 4.69) is 6.92 Å². The van der Waals surface area contributed by atoms with E-state index in [1.807, 2.05) is 6.92 Å². The summed E-state index contributed by atoms with van der Waals surface area (Å²) in [5.41, 5.74) is 0. The summed E-state index contributed by atoms with van der Waals surface area (Å²) >= 11 is 0. The molecule has 1 heteroatoms. The molecular formula is C10H20O. The van der Waals surface area contributed by atoms with Crippen molar-refractivity contribution in [2.24, 2.45) is 11.8 Å². The van der Waals surface area contributed by atoms with Gasteiger partial charge in [-0.2, -0.15) is 0 Å². The minimum Gasteiger partial charge on any atom is -0.393 e. The topological polar surface area (TPSA) is 20.2 Å². The Hall–Kier alpha value is -0.0400. The van der Waals surface area contributed by atoms with Gasteiger partial charge in [-0.1, -0.05) is 32.6 Å². The lowest BCUT2D eigenvalue weighted by Gasteiger charge is -2.26. The van der Waals surface area contributed by atoms with Crippen LogP contribution >= 0.6 is 0 Å². The van der Waals surface area contributed by atoms with Crippen molar-refractivity contribution >= 4 is 0 Å². The van der Waals surface area contributed by atoms with E-state index in [0.29, 0.717) is 0 Å². The summed E-state index contributed by atoms with van der Waals surface area (Å²) in [5.74, 6) is 1.74. The molecule has 0 spiro atoms. The maximum atomic E-state index is 9.17. The molecule has 1 aliphatic carbocycles. The van der Waals surface area contributed by atoms with Crippen LogP contribution in [-0.2, 0) is 0 Å². The molecule has 66 valence electrons. The van der Waals surface area contributed by atoms with Crippen molar-refractivity contribution in [2.75, 3.05) is 0 Å². The normalized spacial score (nSPS) is 35.2. The van der Waals surface area contributed by atoms with Gasteiger partial charge in [0.25, 0.3) is 0 Å². The van der Waals surface area contributed by atoms with E-state index in [9.17, 15) is 5.11 Å². The Morgan fingerprint density at radius 2 is 1.82 bits per heavy atom. The molecule has 1 fully saturated rings. The fraction of sp³-hybridized carbons (Fsp3) is 1.00. The van der Waals surface area contributed by atoms with E-state index in [4.69, 9.17) is 0 Å². The highest BCUT2D eigenvalue weighted by atomic mass is 16.3. The average Bonchev–Trinajstić information content (AvgIpc) is 1.93. The van der Waals surface area contributed by atoms with Gasteiger partial charge in [0.2, 0.25) is 0 Å². The van der Waals surface area contributed by atoms with Crippen LogP contribution in [0, 0.1) is 11.8 Å². The highest BCUT2D eigenvalue weighted by Crippen LogP contribution is 2.30. The summed E-state index contributed by atoms with van der Waals surface area (Å²) in [6.07, 6.45) is 6.35. The predicted octanol–water partition coefficient (Wildman–Crippen LogP) is 2.58. The SMILES string of the molecule is CC1CCC(C[C@@H](C)O)CC1. The Kier molecular flexibility index (Phi) is 3.38. The molecule has 0 aromatic carbocycles. The largest absolute Gasteiger partial charge is 0.393 e. The quantitative estimate of drug-likeness (QED) is 0.651. The van der Waals surface area contributed by atoms with E-state index in [1.165, 1.54) is 25.7 Å². The second-order valence-corrected chi connectivity index (χ2v) is 4.21. The molecule has 1 rings (SSSR count). The zero-order valence-electron chi connectivity index (χ0n) is 7.71. The standard InChI is InChI=1S/C10H20O/c1-8-3-5-10(6-4-8)7-9(2)11/h8-11H,3-7H2,1-2H3/t8?,9-,10?/m1/s1. The summed E-state index contributed by atoms with van der Waals surface area (Å²) < 4.78 is 0. The third-order valence-corrected chi connectivity index (χ3v) is 2.81. The second kappa shape index (κ2) is 4.10. The van der Waals surface area contributed by atoms with Gasteiger partial charge in [0.15, 0.2) is 0 Å². The summed E-state index contributed by atoms with van der Waals surface area (Å²) in [7, 11) is 0. The Morgan fingerprint density at radius 3 is 2.27 bits per heavy atom. The summed E-state index contributed by atoms with van der Waals surface area (Å²) in [6.45, 7) is 4.23. The molecule has 1 N–H and O–H groups in total. The number of rotatable bonds is 2. The van der Waals surface area contributed by atoms with Crippen LogP contribution in [0.1, 0.15) is 46.0 Å². The summed E-state index contributed by atoms with van der Waals surface area (Å²) in [6, 6.07) is 0. The van der Waals surface area contributed by atoms with Crippen LogP contribution in [0.2, 0.25) is 0 Å². The van der Waals surface area contributed by atoms with Gasteiger partial charge in [-0.25, -0.2) is 0 Å². The molecular weight excluding hydrogens is 136 g/mol. The second-order valence-electron chi connectivity index (χ2n) is 4.21. The van der Waals surface area contributed by atoms with Crippen LogP contribution in [0.25, 0.3) is 0 Å². The molecule has 0 aliphatic heterocycles. The highest BCUT2D eigenvalue weighted by Gasteiger charge is 2.18. The predicted molar refractivity (Wildman–Crippen MR) is 47.4 cm³/mol. The van der Waals surface area contributed by atoms with Crippen molar-refractivity contribution in [3.63, 3.8) is 0 Å². The van der Waals surface area contributed by atoms with Gasteiger partial charge in [0.1, 0.15) is 0 Å². The van der Waals surface area contributed by atoms with E-state index >= 15 is 0 Å². The van der Waals surface area contributed by atoms with Crippen molar-refractivity contribution in [3.8, 4) is 0 Å². The Morgan fingerprint density at radius 1 is 1.27 bits per heavy atom. The fourth-order valence-electron chi connectivity index (χ4n) is 2.05. The van der Waals surface area contributed by atoms with Gasteiger partial charge in [0.05, 0.1) is 6.10 Å². The van der Waals surface area contributed by atoms with Gasteiger partial charge in [0, 0.05) is 0 Å². The van der Waals surface area contributed by atoms with Crippen molar-refractivity contribution in [1.29, 1.82) is 0 Å². The third-order valence-electron chi connectivity index (χ3n) is 2.81. The van der Waals surface area contributed by atoms with Crippen molar-refractivity contribution < 1.29 is 5.11 Å². The van der Waals surface area contributed by atoms with Crippen molar-refractivity contribution in [3.05, 3.63) is 0 Å². The smallest absolute Gasteiger partial charge is 0.0514 e. The summed E-state index contributed by atoms with van der Waals surface area (Å²) in [4.78, 5) is 0. The van der Waals surface area contributed by atoms with Crippen LogP contribution in [0.5, 0.6) is 0 Å². The molecule has 0 aromatic heterocycles. The lowest BCUT2D eigenvalue weighted by molar-refractivity contribution is 0.139. The first-order valence-electron chi connectivity index (χ1n) is 4.86. The van der Waals surface area contributed by atoms with Gasteiger partial charge < -0.3 is 5.11 Å². The maximum absolute atomic E-state index is 9.17. The van der Waals surface area contributed by atoms with Crippen LogP contribution < -0.4 is 0 Å². The lowest BCUT2D eigenvalue weighted by Crippen LogP contribution is -2.16. The van der Waals surface area contributed by atoms with Gasteiger partial charge in [-0.05, 0) is 25.2 Å². The Balaban J connectivity index is 2.17. The molecule has 0 aromatic rings. The minimum absolute atomic E-state index is 0.0894. The average molecular weight is 156 g/mol. The molecule has 1 atom stereocenters. The number of aliphatic hydroxyl groups excluding tert-OH is 1. The number of hydrogen-bond acceptors (Lipinski definition) is 1. The lowest BCUT2D eigenvalue weighted by atomic mass is 9.80. The molecule has 1 nitrogen and oxygen atoms in total. The van der Waals surface area contributed by atoms with E-state index in [0.717, 1.165) is 18.3 Å². The first-order chi connectivity index (χ1) is 5.18. The van der Waals surface area contributed by atoms with Crippen molar-refractivity contribution in [2.45, 2.75) is 52.1 Å². The molecule has 1 aliphatic rings. The number of hydrogen-bond donors (Lipinski definition) is 1. The molecule has 0 unspecified atom stereocenters. The molecule has 0 amide bonds. The minimum atomic E-state index is -0.0894. The maximum Gasteiger partial charge on any atom is 0.0514 e. The summed E-state index contributed by atoms with van der Waals surface area (Å²) in [5, 5.41) is 9.17. The fourth-order valence-corrected chi connectivity index (χ4v) is 2.05. The van der Waals surface area contributed by atoms with Gasteiger partial charge in [-0.3, -0.25) is 0 Å². The van der Waals surface area contributed by atoms with Crippen LogP contribution in [0.15, 0.2) is 0 Å². The van der Waals surface area contributed by atoms with Crippen LogP contribution in [0.3, 0.4) is 0 Å². The van der Waals surface area contributed by atoms with Crippen molar-refractivity contribution in [1.82, 2.24) is 0 Å². The zero-order valence-corrected chi connectivity index (χ0v) is 7.71. The van der Waals surface area contributed by atoms with Crippen LogP contribution in [0.4, 0.5) is 0 Å². The molecule has 0 bridgehead atoms. The zero-order chi connectivity index (χ0) is 8.27. The van der Waals surface area contributed by atoms with E-state index in [1.54, 1.807) is 0 Å².